The van der Waals surface area contributed by atoms with Gasteiger partial charge in [0.25, 0.3) is 11.6 Å². The van der Waals surface area contributed by atoms with E-state index in [1.165, 1.54) is 18.2 Å². The summed E-state index contributed by atoms with van der Waals surface area (Å²) >= 11 is 6.02. The Hall–Kier alpha value is -3.19. The molecule has 7 nitrogen and oxygen atoms in total. The van der Waals surface area contributed by atoms with Crippen LogP contribution in [0.2, 0.25) is 5.02 Å². The number of hydrogen-bond donors (Lipinski definition) is 1. The van der Waals surface area contributed by atoms with Crippen LogP contribution >= 0.6 is 11.6 Å². The van der Waals surface area contributed by atoms with E-state index in [0.29, 0.717) is 0 Å². The second-order valence-electron chi connectivity index (χ2n) is 6.00. The van der Waals surface area contributed by atoms with Crippen LogP contribution in [0.4, 0.5) is 5.69 Å². The number of nitrogens with zero attached hydrogens (tertiary/aromatic N) is 3. The maximum absolute atomic E-state index is 12.5. The molecule has 0 bridgehead atoms. The molecule has 1 N–H and O–H groups in total. The number of non-ortho nitro benzene ring substituents is 1. The monoisotopic (exact) mass is 384 g/mol. The first-order chi connectivity index (χ1) is 12.9. The molecule has 0 saturated carbocycles. The van der Waals surface area contributed by atoms with Gasteiger partial charge >= 0.3 is 0 Å². The standard InChI is InChI=1S/C19H17ClN4O3/c1-12-17(13(2)23(22-12)14-6-4-3-5-7-14)11-21-19(25)16-10-15(24(26)27)8-9-18(16)20/h3-10H,11H2,1-2H3,(H,21,25). The van der Waals surface area contributed by atoms with Crippen LogP contribution in [0.25, 0.3) is 5.69 Å². The van der Waals surface area contributed by atoms with E-state index in [9.17, 15) is 14.9 Å². The number of para-hydroxylation sites is 1. The molecule has 1 aromatic heterocycles. The number of nitro benzene ring substituents is 1. The van der Waals surface area contributed by atoms with Crippen LogP contribution in [0.15, 0.2) is 48.5 Å². The number of halogens is 1. The van der Waals surface area contributed by atoms with Crippen LogP contribution in [0.1, 0.15) is 27.3 Å². The molecule has 0 aliphatic heterocycles. The van der Waals surface area contributed by atoms with Crippen molar-refractivity contribution < 1.29 is 9.72 Å². The number of nitrogens with one attached hydrogen (secondary N) is 1. The van der Waals surface area contributed by atoms with Gasteiger partial charge in [-0.3, -0.25) is 14.9 Å². The second-order valence-corrected chi connectivity index (χ2v) is 6.41. The molecule has 3 rings (SSSR count). The number of rotatable bonds is 5. The van der Waals surface area contributed by atoms with Gasteiger partial charge in [-0.2, -0.15) is 5.10 Å². The number of aryl methyl sites for hydroxylation is 1. The topological polar surface area (TPSA) is 90.1 Å². The van der Waals surface area contributed by atoms with Gasteiger partial charge in [0.1, 0.15) is 0 Å². The predicted octanol–water partition coefficient (Wildman–Crippen LogP) is 3.98. The van der Waals surface area contributed by atoms with Crippen molar-refractivity contribution in [3.63, 3.8) is 0 Å². The van der Waals surface area contributed by atoms with E-state index in [0.717, 1.165) is 22.6 Å². The summed E-state index contributed by atoms with van der Waals surface area (Å²) in [6.45, 7) is 4.03. The van der Waals surface area contributed by atoms with Gasteiger partial charge in [-0.15, -0.1) is 0 Å². The molecule has 0 unspecified atom stereocenters. The predicted molar refractivity (Wildman–Crippen MR) is 102 cm³/mol. The summed E-state index contributed by atoms with van der Waals surface area (Å²) in [7, 11) is 0. The van der Waals surface area contributed by atoms with Crippen molar-refractivity contribution in [2.75, 3.05) is 0 Å². The van der Waals surface area contributed by atoms with E-state index >= 15 is 0 Å². The van der Waals surface area contributed by atoms with E-state index in [2.05, 4.69) is 10.4 Å². The number of carbonyl (C=O) groups is 1. The van der Waals surface area contributed by atoms with Gasteiger partial charge in [0.15, 0.2) is 0 Å². The van der Waals surface area contributed by atoms with Crippen LogP contribution < -0.4 is 5.32 Å². The molecule has 138 valence electrons. The van der Waals surface area contributed by atoms with Crippen molar-refractivity contribution in [1.82, 2.24) is 15.1 Å². The Morgan fingerprint density at radius 1 is 1.22 bits per heavy atom. The normalized spacial score (nSPS) is 10.6. The number of amides is 1. The number of aromatic nitrogens is 2. The number of carbonyl (C=O) groups excluding carboxylic acids is 1. The maximum Gasteiger partial charge on any atom is 0.270 e. The SMILES string of the molecule is Cc1nn(-c2ccccc2)c(C)c1CNC(=O)c1cc([N+](=O)[O-])ccc1Cl. The summed E-state index contributed by atoms with van der Waals surface area (Å²) in [5.41, 5.74) is 3.39. The largest absolute Gasteiger partial charge is 0.348 e. The Kier molecular flexibility index (Phi) is 5.23. The minimum Gasteiger partial charge on any atom is -0.348 e. The second kappa shape index (κ2) is 7.59. The minimum absolute atomic E-state index is 0.0663. The zero-order valence-electron chi connectivity index (χ0n) is 14.8. The fraction of sp³-hybridized carbons (Fsp3) is 0.158. The Balaban J connectivity index is 1.82. The molecule has 8 heteroatoms. The summed E-state index contributed by atoms with van der Waals surface area (Å²) in [6, 6.07) is 13.5. The maximum atomic E-state index is 12.5. The molecular formula is C19H17ClN4O3. The molecule has 0 fully saturated rings. The lowest BCUT2D eigenvalue weighted by molar-refractivity contribution is -0.384. The summed E-state index contributed by atoms with van der Waals surface area (Å²) in [5, 5.41) is 18.4. The average Bonchev–Trinajstić information content (AvgIpc) is 2.94. The molecule has 0 radical (unpaired) electrons. The molecule has 0 aliphatic carbocycles. The first-order valence-electron chi connectivity index (χ1n) is 8.21. The molecule has 0 saturated heterocycles. The van der Waals surface area contributed by atoms with Crippen molar-refractivity contribution >= 4 is 23.2 Å². The molecule has 2 aromatic carbocycles. The summed E-state index contributed by atoms with van der Waals surface area (Å²) in [5.74, 6) is -0.477. The van der Waals surface area contributed by atoms with Crippen LogP contribution in [0, 0.1) is 24.0 Å². The van der Waals surface area contributed by atoms with Gasteiger partial charge in [0, 0.05) is 29.9 Å². The van der Waals surface area contributed by atoms with Crippen molar-refractivity contribution in [2.24, 2.45) is 0 Å². The number of hydrogen-bond acceptors (Lipinski definition) is 4. The highest BCUT2D eigenvalue weighted by molar-refractivity contribution is 6.33. The summed E-state index contributed by atoms with van der Waals surface area (Å²) < 4.78 is 1.82. The zero-order valence-corrected chi connectivity index (χ0v) is 15.5. The summed E-state index contributed by atoms with van der Waals surface area (Å²) in [4.78, 5) is 22.8. The highest BCUT2D eigenvalue weighted by Crippen LogP contribution is 2.23. The Bertz CT molecular complexity index is 1020. The number of nitro groups is 1. The van der Waals surface area contributed by atoms with Crippen LogP contribution in [0.3, 0.4) is 0 Å². The Labute approximate surface area is 160 Å². The lowest BCUT2D eigenvalue weighted by atomic mass is 10.1. The molecule has 3 aromatic rings. The van der Waals surface area contributed by atoms with Gasteiger partial charge in [-0.1, -0.05) is 29.8 Å². The first-order valence-corrected chi connectivity index (χ1v) is 8.59. The number of benzene rings is 2. The Morgan fingerprint density at radius 3 is 2.59 bits per heavy atom. The van der Waals surface area contributed by atoms with Gasteiger partial charge in [0.2, 0.25) is 0 Å². The quantitative estimate of drug-likeness (QED) is 0.532. The fourth-order valence-corrected chi connectivity index (χ4v) is 3.02. The van der Waals surface area contributed by atoms with E-state index in [4.69, 9.17) is 11.6 Å². The minimum atomic E-state index is -0.564. The summed E-state index contributed by atoms with van der Waals surface area (Å²) in [6.07, 6.45) is 0. The highest BCUT2D eigenvalue weighted by Gasteiger charge is 2.18. The van der Waals surface area contributed by atoms with Crippen molar-refractivity contribution in [3.8, 4) is 5.69 Å². The first kappa shape index (κ1) is 18.6. The molecule has 0 aliphatic rings. The van der Waals surface area contributed by atoms with Crippen molar-refractivity contribution in [3.05, 3.63) is 86.2 Å². The van der Waals surface area contributed by atoms with Gasteiger partial charge in [-0.05, 0) is 32.0 Å². The highest BCUT2D eigenvalue weighted by atomic mass is 35.5. The Morgan fingerprint density at radius 2 is 1.93 bits per heavy atom. The third kappa shape index (κ3) is 3.83. The molecule has 1 heterocycles. The molecule has 0 spiro atoms. The van der Waals surface area contributed by atoms with Crippen LogP contribution in [0.5, 0.6) is 0 Å². The van der Waals surface area contributed by atoms with E-state index in [-0.39, 0.29) is 22.8 Å². The average molecular weight is 385 g/mol. The molecule has 0 atom stereocenters. The molecule has 1 amide bonds. The van der Waals surface area contributed by atoms with Crippen molar-refractivity contribution in [2.45, 2.75) is 20.4 Å². The third-order valence-electron chi connectivity index (χ3n) is 4.27. The lowest BCUT2D eigenvalue weighted by Gasteiger charge is -2.08. The lowest BCUT2D eigenvalue weighted by Crippen LogP contribution is -2.23. The fourth-order valence-electron chi connectivity index (χ4n) is 2.82. The van der Waals surface area contributed by atoms with Gasteiger partial charge < -0.3 is 5.32 Å². The smallest absolute Gasteiger partial charge is 0.270 e. The van der Waals surface area contributed by atoms with Crippen LogP contribution in [-0.2, 0) is 6.54 Å². The zero-order chi connectivity index (χ0) is 19.6. The molecular weight excluding hydrogens is 368 g/mol. The van der Waals surface area contributed by atoms with E-state index in [1.54, 1.807) is 0 Å². The van der Waals surface area contributed by atoms with Gasteiger partial charge in [-0.25, -0.2) is 4.68 Å². The van der Waals surface area contributed by atoms with E-state index < -0.39 is 10.8 Å². The third-order valence-corrected chi connectivity index (χ3v) is 4.60. The van der Waals surface area contributed by atoms with E-state index in [1.807, 2.05) is 48.9 Å². The van der Waals surface area contributed by atoms with Gasteiger partial charge in [0.05, 0.1) is 26.9 Å². The van der Waals surface area contributed by atoms with Crippen molar-refractivity contribution in [1.29, 1.82) is 0 Å². The molecule has 27 heavy (non-hydrogen) atoms. The van der Waals surface area contributed by atoms with Crippen LogP contribution in [-0.4, -0.2) is 20.6 Å².